The van der Waals surface area contributed by atoms with Crippen molar-refractivity contribution in [1.29, 1.82) is 0 Å². The Morgan fingerprint density at radius 1 is 1.35 bits per heavy atom. The molecule has 1 aromatic carbocycles. The van der Waals surface area contributed by atoms with E-state index in [1.165, 1.54) is 0 Å². The summed E-state index contributed by atoms with van der Waals surface area (Å²) in [5.74, 6) is -1.20. The van der Waals surface area contributed by atoms with Gasteiger partial charge in [0.05, 0.1) is 11.4 Å². The van der Waals surface area contributed by atoms with Crippen molar-refractivity contribution in [1.82, 2.24) is 4.57 Å². The zero-order valence-electron chi connectivity index (χ0n) is 12.7. The molecular weight excluding hydrogens is 316 g/mol. The van der Waals surface area contributed by atoms with Gasteiger partial charge in [-0.15, -0.1) is 0 Å². The number of benzene rings is 1. The molecular formula is C17H17ClN2O3. The molecule has 1 amide bonds. The second-order valence-corrected chi connectivity index (χ2v) is 6.04. The molecule has 1 unspecified atom stereocenters. The first-order valence-electron chi connectivity index (χ1n) is 7.49. The number of rotatable bonds is 4. The maximum absolute atomic E-state index is 12.9. The highest BCUT2D eigenvalue weighted by Crippen LogP contribution is 2.38. The van der Waals surface area contributed by atoms with E-state index in [0.717, 1.165) is 11.3 Å². The first-order valence-corrected chi connectivity index (χ1v) is 7.87. The van der Waals surface area contributed by atoms with Crippen LogP contribution >= 0.6 is 11.6 Å². The number of carboxylic acids is 1. The number of nitrogens with zero attached hydrogens (tertiary/aromatic N) is 2. The van der Waals surface area contributed by atoms with Crippen LogP contribution in [0.25, 0.3) is 0 Å². The van der Waals surface area contributed by atoms with Gasteiger partial charge in [0.1, 0.15) is 5.69 Å². The second kappa shape index (κ2) is 6.08. The predicted molar refractivity (Wildman–Crippen MR) is 88.2 cm³/mol. The van der Waals surface area contributed by atoms with Crippen molar-refractivity contribution in [3.8, 4) is 0 Å². The van der Waals surface area contributed by atoms with Gasteiger partial charge in [-0.05, 0) is 24.6 Å². The van der Waals surface area contributed by atoms with E-state index in [2.05, 4.69) is 0 Å². The lowest BCUT2D eigenvalue weighted by Gasteiger charge is -2.18. The normalized spacial score (nSPS) is 16.4. The van der Waals surface area contributed by atoms with Gasteiger partial charge in [-0.3, -0.25) is 9.59 Å². The summed E-state index contributed by atoms with van der Waals surface area (Å²) in [7, 11) is 0. The molecule has 1 aliphatic rings. The van der Waals surface area contributed by atoms with Gasteiger partial charge in [0.15, 0.2) is 0 Å². The molecule has 0 saturated carbocycles. The number of hydrogen-bond acceptors (Lipinski definition) is 2. The summed E-state index contributed by atoms with van der Waals surface area (Å²) in [4.78, 5) is 25.7. The van der Waals surface area contributed by atoms with E-state index in [-0.39, 0.29) is 18.2 Å². The number of para-hydroxylation sites is 1. The third-order valence-electron chi connectivity index (χ3n) is 4.16. The van der Waals surface area contributed by atoms with Crippen LogP contribution in [0.4, 0.5) is 5.69 Å². The van der Waals surface area contributed by atoms with Crippen LogP contribution in [0.15, 0.2) is 36.5 Å². The van der Waals surface area contributed by atoms with Gasteiger partial charge in [-0.1, -0.05) is 29.8 Å². The minimum Gasteiger partial charge on any atom is -0.481 e. The van der Waals surface area contributed by atoms with Crippen LogP contribution in [0.5, 0.6) is 0 Å². The van der Waals surface area contributed by atoms with Gasteiger partial charge in [0, 0.05) is 30.9 Å². The van der Waals surface area contributed by atoms with E-state index in [4.69, 9.17) is 16.7 Å². The SMILES string of the molecule is CCn1cc(Cl)cc1C(=O)N1CC(CC(=O)O)c2ccccc21. The Bertz CT molecular complexity index is 769. The number of carbonyl (C=O) groups excluding carboxylic acids is 1. The summed E-state index contributed by atoms with van der Waals surface area (Å²) in [6, 6.07) is 9.12. The monoisotopic (exact) mass is 332 g/mol. The smallest absolute Gasteiger partial charge is 0.304 e. The Hall–Kier alpha value is -2.27. The minimum atomic E-state index is -0.862. The molecule has 1 aromatic heterocycles. The summed E-state index contributed by atoms with van der Waals surface area (Å²) in [6.45, 7) is 2.96. The van der Waals surface area contributed by atoms with Crippen LogP contribution in [-0.2, 0) is 11.3 Å². The van der Waals surface area contributed by atoms with E-state index in [0.29, 0.717) is 23.8 Å². The van der Waals surface area contributed by atoms with E-state index in [9.17, 15) is 9.59 Å². The van der Waals surface area contributed by atoms with Crippen molar-refractivity contribution < 1.29 is 14.7 Å². The fourth-order valence-corrected chi connectivity index (χ4v) is 3.35. The molecule has 2 aromatic rings. The molecule has 5 nitrogen and oxygen atoms in total. The summed E-state index contributed by atoms with van der Waals surface area (Å²) < 4.78 is 1.80. The summed E-state index contributed by atoms with van der Waals surface area (Å²) >= 11 is 6.02. The molecule has 1 atom stereocenters. The summed E-state index contributed by atoms with van der Waals surface area (Å²) in [6.07, 6.45) is 1.74. The lowest BCUT2D eigenvalue weighted by atomic mass is 9.98. The third kappa shape index (κ3) is 2.84. The third-order valence-corrected chi connectivity index (χ3v) is 4.37. The van der Waals surface area contributed by atoms with Crippen LogP contribution in [0, 0.1) is 0 Å². The van der Waals surface area contributed by atoms with Crippen LogP contribution < -0.4 is 4.90 Å². The number of halogens is 1. The summed E-state index contributed by atoms with van der Waals surface area (Å²) in [5.41, 5.74) is 2.20. The molecule has 23 heavy (non-hydrogen) atoms. The van der Waals surface area contributed by atoms with Gasteiger partial charge < -0.3 is 14.6 Å². The van der Waals surface area contributed by atoms with Gasteiger partial charge in [0.25, 0.3) is 5.91 Å². The number of fused-ring (bicyclic) bond motifs is 1. The number of amides is 1. The molecule has 0 radical (unpaired) electrons. The van der Waals surface area contributed by atoms with Crippen LogP contribution in [-0.4, -0.2) is 28.1 Å². The average Bonchev–Trinajstić information content (AvgIpc) is 3.07. The van der Waals surface area contributed by atoms with Crippen molar-refractivity contribution >= 4 is 29.2 Å². The Balaban J connectivity index is 1.97. The molecule has 6 heteroatoms. The first kappa shape index (κ1) is 15.6. The van der Waals surface area contributed by atoms with E-state index in [1.54, 1.807) is 21.7 Å². The van der Waals surface area contributed by atoms with Crippen LogP contribution in [0.3, 0.4) is 0 Å². The van der Waals surface area contributed by atoms with E-state index in [1.807, 2.05) is 31.2 Å². The average molecular weight is 333 g/mol. The number of anilines is 1. The molecule has 1 N–H and O–H groups in total. The maximum Gasteiger partial charge on any atom is 0.304 e. The maximum atomic E-state index is 12.9. The van der Waals surface area contributed by atoms with E-state index >= 15 is 0 Å². The van der Waals surface area contributed by atoms with Crippen molar-refractivity contribution in [2.75, 3.05) is 11.4 Å². The highest BCUT2D eigenvalue weighted by atomic mass is 35.5. The summed E-state index contributed by atoms with van der Waals surface area (Å²) in [5, 5.41) is 9.62. The molecule has 120 valence electrons. The van der Waals surface area contributed by atoms with Crippen molar-refractivity contribution in [3.63, 3.8) is 0 Å². The Morgan fingerprint density at radius 2 is 2.09 bits per heavy atom. The zero-order valence-corrected chi connectivity index (χ0v) is 13.5. The number of aryl methyl sites for hydroxylation is 1. The van der Waals surface area contributed by atoms with Crippen molar-refractivity contribution in [3.05, 3.63) is 52.8 Å². The molecule has 1 aliphatic heterocycles. The Labute approximate surface area is 139 Å². The second-order valence-electron chi connectivity index (χ2n) is 5.60. The topological polar surface area (TPSA) is 62.5 Å². The zero-order chi connectivity index (χ0) is 16.6. The van der Waals surface area contributed by atoms with Gasteiger partial charge in [-0.25, -0.2) is 0 Å². The molecule has 0 fully saturated rings. The molecule has 3 rings (SSSR count). The lowest BCUT2D eigenvalue weighted by Crippen LogP contribution is -2.31. The number of carboxylic acid groups (broad SMARTS) is 1. The number of carbonyl (C=O) groups is 2. The Morgan fingerprint density at radius 3 is 2.78 bits per heavy atom. The molecule has 0 bridgehead atoms. The minimum absolute atomic E-state index is 0.0103. The Kier molecular flexibility index (Phi) is 4.13. The van der Waals surface area contributed by atoms with Crippen molar-refractivity contribution in [2.45, 2.75) is 25.8 Å². The fourth-order valence-electron chi connectivity index (χ4n) is 3.13. The van der Waals surface area contributed by atoms with Gasteiger partial charge >= 0.3 is 5.97 Å². The highest BCUT2D eigenvalue weighted by molar-refractivity contribution is 6.31. The van der Waals surface area contributed by atoms with Crippen LogP contribution in [0.1, 0.15) is 35.3 Å². The van der Waals surface area contributed by atoms with Crippen LogP contribution in [0.2, 0.25) is 5.02 Å². The molecule has 0 spiro atoms. The van der Waals surface area contributed by atoms with Gasteiger partial charge in [-0.2, -0.15) is 0 Å². The van der Waals surface area contributed by atoms with E-state index < -0.39 is 5.97 Å². The first-order chi connectivity index (χ1) is 11.0. The van der Waals surface area contributed by atoms with Gasteiger partial charge in [0.2, 0.25) is 0 Å². The fraction of sp³-hybridized carbons (Fsp3) is 0.294. The molecule has 0 saturated heterocycles. The molecule has 2 heterocycles. The van der Waals surface area contributed by atoms with Crippen molar-refractivity contribution in [2.24, 2.45) is 0 Å². The predicted octanol–water partition coefficient (Wildman–Crippen LogP) is 3.38. The lowest BCUT2D eigenvalue weighted by molar-refractivity contribution is -0.137. The number of aromatic nitrogens is 1. The highest BCUT2D eigenvalue weighted by Gasteiger charge is 2.34. The quantitative estimate of drug-likeness (QED) is 0.933. The number of hydrogen-bond donors (Lipinski definition) is 1. The largest absolute Gasteiger partial charge is 0.481 e. The number of aliphatic carboxylic acids is 1. The molecule has 0 aliphatic carbocycles. The standard InChI is InChI=1S/C17H17ClN2O3/c1-2-19-10-12(18)8-15(19)17(23)20-9-11(7-16(21)22)13-5-3-4-6-14(13)20/h3-6,8,10-11H,2,7,9H2,1H3,(H,21,22).